The van der Waals surface area contributed by atoms with Gasteiger partial charge in [-0.05, 0) is 42.3 Å². The van der Waals surface area contributed by atoms with Gasteiger partial charge in [-0.1, -0.05) is 65.7 Å². The summed E-state index contributed by atoms with van der Waals surface area (Å²) in [5, 5.41) is 8.16. The molecule has 1 aliphatic rings. The number of aromatic nitrogens is 2. The van der Waals surface area contributed by atoms with Gasteiger partial charge in [0, 0.05) is 22.7 Å². The summed E-state index contributed by atoms with van der Waals surface area (Å²) in [6.45, 7) is 2.55. The third-order valence-corrected chi connectivity index (χ3v) is 6.14. The van der Waals surface area contributed by atoms with Crippen molar-refractivity contribution in [3.05, 3.63) is 106 Å². The number of methoxy groups -OCH3 is 1. The lowest BCUT2D eigenvalue weighted by atomic mass is 9.96. The van der Waals surface area contributed by atoms with E-state index in [9.17, 15) is 4.79 Å². The molecule has 1 aromatic heterocycles. The molecule has 0 saturated carbocycles. The number of carbonyl (C=O) groups excluding carboxylic acids is 1. The van der Waals surface area contributed by atoms with Crippen LogP contribution in [0.5, 0.6) is 5.75 Å². The fourth-order valence-electron chi connectivity index (χ4n) is 4.21. The molecule has 2 heterocycles. The summed E-state index contributed by atoms with van der Waals surface area (Å²) in [4.78, 5) is 15.4. The Morgan fingerprint density at radius 1 is 1.00 bits per heavy atom. The third kappa shape index (κ3) is 3.55. The monoisotopic (exact) mass is 443 g/mol. The molecule has 6 heteroatoms. The number of aryl methyl sites for hydroxylation is 1. The first-order chi connectivity index (χ1) is 15.5. The fraction of sp³-hybridized carbons (Fsp3) is 0.154. The van der Waals surface area contributed by atoms with Crippen molar-refractivity contribution in [2.45, 2.75) is 19.5 Å². The highest BCUT2D eigenvalue weighted by Gasteiger charge is 2.42. The zero-order chi connectivity index (χ0) is 22.2. The molecule has 1 amide bonds. The van der Waals surface area contributed by atoms with Crippen LogP contribution in [-0.2, 0) is 6.54 Å². The van der Waals surface area contributed by atoms with Crippen LogP contribution in [0.25, 0.3) is 11.3 Å². The molecule has 0 saturated heterocycles. The summed E-state index contributed by atoms with van der Waals surface area (Å²) in [6, 6.07) is 23.4. The SMILES string of the molecule is COc1ccc(C2c3c(-c4ccc(Cl)cc4)n[nH]c3C(=O)N2Cc2ccc(C)cc2)cc1. The molecule has 1 N–H and O–H groups in total. The molecule has 0 bridgehead atoms. The van der Waals surface area contributed by atoms with Gasteiger partial charge in [0.15, 0.2) is 0 Å². The van der Waals surface area contributed by atoms with E-state index in [0.29, 0.717) is 17.3 Å². The van der Waals surface area contributed by atoms with Gasteiger partial charge in [-0.15, -0.1) is 0 Å². The summed E-state index contributed by atoms with van der Waals surface area (Å²) >= 11 is 6.09. The van der Waals surface area contributed by atoms with Gasteiger partial charge in [0.1, 0.15) is 11.4 Å². The first-order valence-electron chi connectivity index (χ1n) is 10.4. The number of carbonyl (C=O) groups is 1. The van der Waals surface area contributed by atoms with Crippen molar-refractivity contribution in [2.24, 2.45) is 0 Å². The molecule has 1 aliphatic heterocycles. The Bertz CT molecular complexity index is 1260. The van der Waals surface area contributed by atoms with E-state index in [4.69, 9.17) is 16.3 Å². The smallest absolute Gasteiger partial charge is 0.273 e. The highest BCUT2D eigenvalue weighted by atomic mass is 35.5. The number of ether oxygens (including phenoxy) is 1. The second kappa shape index (κ2) is 8.17. The molecule has 5 nitrogen and oxygen atoms in total. The van der Waals surface area contributed by atoms with Crippen molar-refractivity contribution in [2.75, 3.05) is 7.11 Å². The standard InChI is InChI=1S/C26H22ClN3O2/c1-16-3-5-17(6-4-16)15-30-25(19-9-13-21(32-2)14-10-19)22-23(28-29-24(22)26(30)31)18-7-11-20(27)12-8-18/h3-14,25H,15H2,1-2H3,(H,28,29). The van der Waals surface area contributed by atoms with Crippen molar-refractivity contribution in [3.8, 4) is 17.0 Å². The second-order valence-corrected chi connectivity index (χ2v) is 8.40. The van der Waals surface area contributed by atoms with Crippen LogP contribution < -0.4 is 4.74 Å². The Hall–Kier alpha value is -3.57. The molecule has 4 aromatic rings. The topological polar surface area (TPSA) is 58.2 Å². The number of halogens is 1. The van der Waals surface area contributed by atoms with Crippen molar-refractivity contribution >= 4 is 17.5 Å². The van der Waals surface area contributed by atoms with Crippen LogP contribution in [0.2, 0.25) is 5.02 Å². The van der Waals surface area contributed by atoms with Gasteiger partial charge in [-0.3, -0.25) is 9.89 Å². The number of nitrogens with zero attached hydrogens (tertiary/aromatic N) is 2. The Labute approximate surface area is 191 Å². The van der Waals surface area contributed by atoms with Crippen molar-refractivity contribution in [1.29, 1.82) is 0 Å². The maximum atomic E-state index is 13.5. The number of nitrogens with one attached hydrogen (secondary N) is 1. The summed E-state index contributed by atoms with van der Waals surface area (Å²) < 4.78 is 5.33. The van der Waals surface area contributed by atoms with Crippen molar-refractivity contribution in [1.82, 2.24) is 15.1 Å². The number of amides is 1. The minimum absolute atomic E-state index is 0.0610. The number of H-pyrrole nitrogens is 1. The van der Waals surface area contributed by atoms with Crippen LogP contribution in [0, 0.1) is 6.92 Å². The van der Waals surface area contributed by atoms with Crippen LogP contribution in [0.1, 0.15) is 38.8 Å². The van der Waals surface area contributed by atoms with Crippen LogP contribution >= 0.6 is 11.6 Å². The summed E-state index contributed by atoms with van der Waals surface area (Å²) in [7, 11) is 1.64. The van der Waals surface area contributed by atoms with Gasteiger partial charge in [0.25, 0.3) is 5.91 Å². The normalized spacial score (nSPS) is 15.2. The lowest BCUT2D eigenvalue weighted by molar-refractivity contribution is 0.0730. The molecule has 160 valence electrons. The minimum Gasteiger partial charge on any atom is -0.497 e. The minimum atomic E-state index is -0.269. The van der Waals surface area contributed by atoms with E-state index in [1.807, 2.05) is 53.4 Å². The molecule has 0 radical (unpaired) electrons. The molecule has 1 unspecified atom stereocenters. The number of fused-ring (bicyclic) bond motifs is 1. The predicted molar refractivity (Wildman–Crippen MR) is 125 cm³/mol. The average molecular weight is 444 g/mol. The number of benzene rings is 3. The molecule has 0 fully saturated rings. The van der Waals surface area contributed by atoms with Gasteiger partial charge < -0.3 is 9.64 Å². The third-order valence-electron chi connectivity index (χ3n) is 5.89. The van der Waals surface area contributed by atoms with E-state index in [1.54, 1.807) is 7.11 Å². The van der Waals surface area contributed by atoms with Gasteiger partial charge >= 0.3 is 0 Å². The molecule has 32 heavy (non-hydrogen) atoms. The van der Waals surface area contributed by atoms with E-state index in [2.05, 4.69) is 41.4 Å². The van der Waals surface area contributed by atoms with Crippen LogP contribution in [0.4, 0.5) is 0 Å². The number of hydrogen-bond donors (Lipinski definition) is 1. The Morgan fingerprint density at radius 3 is 2.34 bits per heavy atom. The molecular weight excluding hydrogens is 422 g/mol. The second-order valence-electron chi connectivity index (χ2n) is 7.96. The Kier molecular flexibility index (Phi) is 5.19. The Morgan fingerprint density at radius 2 is 1.69 bits per heavy atom. The predicted octanol–water partition coefficient (Wildman–Crippen LogP) is 5.79. The fourth-order valence-corrected chi connectivity index (χ4v) is 4.34. The maximum Gasteiger partial charge on any atom is 0.273 e. The summed E-state index contributed by atoms with van der Waals surface area (Å²) in [6.07, 6.45) is 0. The van der Waals surface area contributed by atoms with E-state index in [1.165, 1.54) is 5.56 Å². The van der Waals surface area contributed by atoms with Crippen LogP contribution in [-0.4, -0.2) is 28.1 Å². The molecular formula is C26H22ClN3O2. The van der Waals surface area contributed by atoms with Gasteiger partial charge in [-0.25, -0.2) is 0 Å². The van der Waals surface area contributed by atoms with Crippen LogP contribution in [0.3, 0.4) is 0 Å². The quantitative estimate of drug-likeness (QED) is 0.424. The summed E-state index contributed by atoms with van der Waals surface area (Å²) in [5.74, 6) is 0.711. The van der Waals surface area contributed by atoms with E-state index in [-0.39, 0.29) is 11.9 Å². The number of aromatic amines is 1. The molecule has 3 aromatic carbocycles. The first kappa shape index (κ1) is 20.3. The summed E-state index contributed by atoms with van der Waals surface area (Å²) in [5.41, 5.74) is 6.35. The largest absolute Gasteiger partial charge is 0.497 e. The van der Waals surface area contributed by atoms with Gasteiger partial charge in [0.2, 0.25) is 0 Å². The highest BCUT2D eigenvalue weighted by molar-refractivity contribution is 6.30. The van der Waals surface area contributed by atoms with Crippen molar-refractivity contribution < 1.29 is 9.53 Å². The highest BCUT2D eigenvalue weighted by Crippen LogP contribution is 2.43. The molecule has 0 aliphatic carbocycles. The average Bonchev–Trinajstić information content (AvgIpc) is 3.35. The maximum absolute atomic E-state index is 13.5. The molecule has 1 atom stereocenters. The lowest BCUT2D eigenvalue weighted by Crippen LogP contribution is -2.29. The zero-order valence-electron chi connectivity index (χ0n) is 17.8. The Balaban J connectivity index is 1.62. The first-order valence-corrected chi connectivity index (χ1v) is 10.8. The van der Waals surface area contributed by atoms with Gasteiger partial charge in [0.05, 0.1) is 18.8 Å². The number of hydrogen-bond acceptors (Lipinski definition) is 3. The van der Waals surface area contributed by atoms with Crippen LogP contribution in [0.15, 0.2) is 72.8 Å². The molecule has 5 rings (SSSR count). The van der Waals surface area contributed by atoms with Gasteiger partial charge in [-0.2, -0.15) is 5.10 Å². The van der Waals surface area contributed by atoms with E-state index < -0.39 is 0 Å². The van der Waals surface area contributed by atoms with E-state index in [0.717, 1.165) is 33.7 Å². The molecule has 0 spiro atoms. The number of rotatable bonds is 5. The van der Waals surface area contributed by atoms with Crippen molar-refractivity contribution in [3.63, 3.8) is 0 Å². The van der Waals surface area contributed by atoms with E-state index >= 15 is 0 Å². The lowest BCUT2D eigenvalue weighted by Gasteiger charge is -2.26. The zero-order valence-corrected chi connectivity index (χ0v) is 18.6.